The number of furan rings is 1. The van der Waals surface area contributed by atoms with Gasteiger partial charge in [0, 0.05) is 16.1 Å². The molecule has 3 aromatic rings. The van der Waals surface area contributed by atoms with Crippen LogP contribution < -0.4 is 0 Å². The van der Waals surface area contributed by atoms with Gasteiger partial charge in [0.1, 0.15) is 5.76 Å². The number of hydrogen-bond acceptors (Lipinski definition) is 1. The van der Waals surface area contributed by atoms with E-state index in [4.69, 9.17) is 16.0 Å². The normalized spacial score (nSPS) is 10.5. The summed E-state index contributed by atoms with van der Waals surface area (Å²) in [5.74, 6) is 0.852. The zero-order valence-electron chi connectivity index (χ0n) is 9.64. The van der Waals surface area contributed by atoms with E-state index in [1.54, 1.807) is 6.26 Å². The van der Waals surface area contributed by atoms with Crippen molar-refractivity contribution in [1.82, 2.24) is 0 Å². The van der Waals surface area contributed by atoms with Crippen molar-refractivity contribution in [2.24, 2.45) is 0 Å². The molecular weight excluding hydrogens is 244 g/mol. The molecule has 0 saturated carbocycles. The van der Waals surface area contributed by atoms with E-state index < -0.39 is 0 Å². The van der Waals surface area contributed by atoms with Crippen LogP contribution >= 0.6 is 11.6 Å². The Kier molecular flexibility index (Phi) is 2.91. The lowest BCUT2D eigenvalue weighted by molar-refractivity contribution is 0.583. The van der Waals surface area contributed by atoms with Crippen molar-refractivity contribution in [2.45, 2.75) is 0 Å². The highest BCUT2D eigenvalue weighted by Crippen LogP contribution is 2.28. The Balaban J connectivity index is 1.97. The lowest BCUT2D eigenvalue weighted by Gasteiger charge is -1.96. The molecule has 18 heavy (non-hydrogen) atoms. The van der Waals surface area contributed by atoms with Crippen LogP contribution in [0.1, 0.15) is 0 Å². The molecule has 0 aliphatic carbocycles. The molecule has 2 heteroatoms. The summed E-state index contributed by atoms with van der Waals surface area (Å²) in [7, 11) is 0. The molecule has 0 atom stereocenters. The monoisotopic (exact) mass is 254 g/mol. The zero-order valence-corrected chi connectivity index (χ0v) is 10.4. The van der Waals surface area contributed by atoms with Crippen LogP contribution in [0, 0.1) is 0 Å². The summed E-state index contributed by atoms with van der Waals surface area (Å²) in [6.07, 6.45) is 1.78. The fourth-order valence-corrected chi connectivity index (χ4v) is 2.01. The Morgan fingerprint density at radius 3 is 2.17 bits per heavy atom. The van der Waals surface area contributed by atoms with E-state index in [1.165, 1.54) is 0 Å². The highest BCUT2D eigenvalue weighted by atomic mass is 35.5. The van der Waals surface area contributed by atoms with Gasteiger partial charge in [0.2, 0.25) is 0 Å². The van der Waals surface area contributed by atoms with Crippen molar-refractivity contribution in [1.29, 1.82) is 0 Å². The molecule has 88 valence electrons. The molecule has 0 fully saturated rings. The van der Waals surface area contributed by atoms with E-state index in [-0.39, 0.29) is 0 Å². The van der Waals surface area contributed by atoms with Crippen molar-refractivity contribution in [3.63, 3.8) is 0 Å². The van der Waals surface area contributed by atoms with Crippen molar-refractivity contribution >= 4 is 11.6 Å². The van der Waals surface area contributed by atoms with Gasteiger partial charge in [-0.15, -0.1) is 0 Å². The SMILES string of the molecule is Clc1ccc(-c2cc(-c3ccccc3)co2)cc1. The molecule has 0 unspecified atom stereocenters. The van der Waals surface area contributed by atoms with Gasteiger partial charge < -0.3 is 4.42 Å². The summed E-state index contributed by atoms with van der Waals surface area (Å²) in [5.41, 5.74) is 3.27. The van der Waals surface area contributed by atoms with Crippen LogP contribution in [0.5, 0.6) is 0 Å². The average Bonchev–Trinajstić information content (AvgIpc) is 2.90. The maximum atomic E-state index is 5.87. The highest BCUT2D eigenvalue weighted by molar-refractivity contribution is 6.30. The first kappa shape index (κ1) is 11.1. The Bertz CT molecular complexity index is 638. The first-order valence-corrected chi connectivity index (χ1v) is 6.10. The van der Waals surface area contributed by atoms with Crippen molar-refractivity contribution in [2.75, 3.05) is 0 Å². The van der Waals surface area contributed by atoms with Gasteiger partial charge in [0.25, 0.3) is 0 Å². The van der Waals surface area contributed by atoms with Gasteiger partial charge in [-0.25, -0.2) is 0 Å². The quantitative estimate of drug-likeness (QED) is 0.607. The lowest BCUT2D eigenvalue weighted by Crippen LogP contribution is -1.73. The van der Waals surface area contributed by atoms with E-state index in [2.05, 4.69) is 12.1 Å². The second-order valence-corrected chi connectivity index (χ2v) is 4.51. The molecule has 2 aromatic carbocycles. The van der Waals surface area contributed by atoms with Crippen molar-refractivity contribution < 1.29 is 4.42 Å². The van der Waals surface area contributed by atoms with Gasteiger partial charge in [-0.3, -0.25) is 0 Å². The fourth-order valence-electron chi connectivity index (χ4n) is 1.88. The van der Waals surface area contributed by atoms with Crippen LogP contribution in [0.3, 0.4) is 0 Å². The lowest BCUT2D eigenvalue weighted by atomic mass is 10.1. The van der Waals surface area contributed by atoms with Crippen LogP contribution in [-0.2, 0) is 0 Å². The minimum atomic E-state index is 0.730. The molecule has 0 radical (unpaired) electrons. The van der Waals surface area contributed by atoms with E-state index in [0.717, 1.165) is 27.5 Å². The van der Waals surface area contributed by atoms with E-state index in [0.29, 0.717) is 0 Å². The van der Waals surface area contributed by atoms with Gasteiger partial charge in [-0.05, 0) is 35.9 Å². The molecule has 1 aromatic heterocycles. The van der Waals surface area contributed by atoms with Gasteiger partial charge in [-0.2, -0.15) is 0 Å². The van der Waals surface area contributed by atoms with Crippen LogP contribution in [0.15, 0.2) is 71.3 Å². The average molecular weight is 255 g/mol. The van der Waals surface area contributed by atoms with Crippen molar-refractivity contribution in [3.8, 4) is 22.5 Å². The molecule has 0 saturated heterocycles. The highest BCUT2D eigenvalue weighted by Gasteiger charge is 2.05. The fraction of sp³-hybridized carbons (Fsp3) is 0. The third-order valence-corrected chi connectivity index (χ3v) is 3.09. The second kappa shape index (κ2) is 4.71. The zero-order chi connectivity index (χ0) is 12.4. The standard InChI is InChI=1S/C16H11ClO/c17-15-8-6-13(7-9-15)16-10-14(11-18-16)12-4-2-1-3-5-12/h1-11H. The van der Waals surface area contributed by atoms with Crippen LogP contribution in [-0.4, -0.2) is 0 Å². The Morgan fingerprint density at radius 1 is 0.722 bits per heavy atom. The van der Waals surface area contributed by atoms with E-state index >= 15 is 0 Å². The third-order valence-electron chi connectivity index (χ3n) is 2.84. The molecular formula is C16H11ClO. The molecule has 0 bridgehead atoms. The Labute approximate surface area is 111 Å². The number of hydrogen-bond donors (Lipinski definition) is 0. The van der Waals surface area contributed by atoms with Crippen LogP contribution in [0.2, 0.25) is 5.02 Å². The summed E-state index contributed by atoms with van der Waals surface area (Å²) in [6, 6.07) is 19.8. The van der Waals surface area contributed by atoms with Gasteiger partial charge in [0.05, 0.1) is 6.26 Å². The summed E-state index contributed by atoms with van der Waals surface area (Å²) in [5, 5.41) is 0.730. The van der Waals surface area contributed by atoms with Gasteiger partial charge in [0.15, 0.2) is 0 Å². The van der Waals surface area contributed by atoms with E-state index in [1.807, 2.05) is 48.5 Å². The summed E-state index contributed by atoms with van der Waals surface area (Å²) in [4.78, 5) is 0. The second-order valence-electron chi connectivity index (χ2n) is 4.07. The molecule has 1 heterocycles. The third kappa shape index (κ3) is 2.18. The summed E-state index contributed by atoms with van der Waals surface area (Å²) in [6.45, 7) is 0. The molecule has 0 aliphatic heterocycles. The predicted molar refractivity (Wildman–Crippen MR) is 74.6 cm³/mol. The van der Waals surface area contributed by atoms with Gasteiger partial charge >= 0.3 is 0 Å². The predicted octanol–water partition coefficient (Wildman–Crippen LogP) is 5.27. The summed E-state index contributed by atoms with van der Waals surface area (Å²) >= 11 is 5.87. The summed E-state index contributed by atoms with van der Waals surface area (Å²) < 4.78 is 5.60. The minimum absolute atomic E-state index is 0.730. The van der Waals surface area contributed by atoms with Crippen molar-refractivity contribution in [3.05, 3.63) is 71.9 Å². The number of benzene rings is 2. The smallest absolute Gasteiger partial charge is 0.134 e. The maximum Gasteiger partial charge on any atom is 0.134 e. The first-order chi connectivity index (χ1) is 8.83. The van der Waals surface area contributed by atoms with Crippen LogP contribution in [0.25, 0.3) is 22.5 Å². The molecule has 0 N–H and O–H groups in total. The maximum absolute atomic E-state index is 5.87. The largest absolute Gasteiger partial charge is 0.464 e. The molecule has 0 spiro atoms. The topological polar surface area (TPSA) is 13.1 Å². The Hall–Kier alpha value is -1.99. The molecule has 0 aliphatic rings. The van der Waals surface area contributed by atoms with Gasteiger partial charge in [-0.1, -0.05) is 41.9 Å². The molecule has 1 nitrogen and oxygen atoms in total. The number of rotatable bonds is 2. The first-order valence-electron chi connectivity index (χ1n) is 5.73. The Morgan fingerprint density at radius 2 is 1.44 bits per heavy atom. The van der Waals surface area contributed by atoms with E-state index in [9.17, 15) is 0 Å². The molecule has 3 rings (SSSR count). The number of halogens is 1. The van der Waals surface area contributed by atoms with Crippen LogP contribution in [0.4, 0.5) is 0 Å². The minimum Gasteiger partial charge on any atom is -0.464 e. The molecule has 0 amide bonds.